The van der Waals surface area contributed by atoms with Crippen LogP contribution in [0.5, 0.6) is 0 Å². The fourth-order valence-corrected chi connectivity index (χ4v) is 5.39. The minimum Gasteiger partial charge on any atom is -0.335 e. The Hall–Kier alpha value is -2.52. The number of benzene rings is 1. The monoisotopic (exact) mass is 430 g/mol. The van der Waals surface area contributed by atoms with Gasteiger partial charge in [-0.2, -0.15) is 4.98 Å². The Morgan fingerprint density at radius 3 is 2.53 bits per heavy atom. The van der Waals surface area contributed by atoms with Gasteiger partial charge in [-0.3, -0.25) is 9.59 Å². The van der Waals surface area contributed by atoms with Gasteiger partial charge >= 0.3 is 0 Å². The van der Waals surface area contributed by atoms with Gasteiger partial charge in [0.05, 0.1) is 6.26 Å². The van der Waals surface area contributed by atoms with Gasteiger partial charge in [0.2, 0.25) is 10.0 Å². The zero-order valence-corrected chi connectivity index (χ0v) is 18.1. The van der Waals surface area contributed by atoms with Gasteiger partial charge in [-0.15, -0.1) is 0 Å². The van der Waals surface area contributed by atoms with E-state index < -0.39 is 21.0 Å². The van der Waals surface area contributed by atoms with Crippen LogP contribution in [0.2, 0.25) is 0 Å². The minimum atomic E-state index is -3.29. The first-order valence-electron chi connectivity index (χ1n) is 10.1. The highest BCUT2D eigenvalue weighted by Crippen LogP contribution is 2.41. The smallest absolute Gasteiger partial charge is 0.285 e. The third-order valence-corrected chi connectivity index (χ3v) is 7.45. The van der Waals surface area contributed by atoms with Crippen LogP contribution in [-0.2, 0) is 28.5 Å². The summed E-state index contributed by atoms with van der Waals surface area (Å²) in [6.07, 6.45) is 4.16. The second-order valence-corrected chi connectivity index (χ2v) is 10.1. The Morgan fingerprint density at radius 1 is 1.20 bits per heavy atom. The van der Waals surface area contributed by atoms with Crippen molar-refractivity contribution in [1.29, 1.82) is 0 Å². The molecule has 4 rings (SSSR count). The van der Waals surface area contributed by atoms with Crippen molar-refractivity contribution in [3.05, 3.63) is 63.8 Å². The van der Waals surface area contributed by atoms with Gasteiger partial charge in [-0.25, -0.2) is 12.7 Å². The Labute approximate surface area is 176 Å². The molecular formula is C21H26N4O4S. The molecule has 0 unspecified atom stereocenters. The SMILES string of the molecule is CCN(Cc1ccccc1)C(=O)c1cn2c(nc1=O)[C@@]1(CCN(S(C)(=O)=O)C1)CC2. The summed E-state index contributed by atoms with van der Waals surface area (Å²) in [7, 11) is -3.29. The van der Waals surface area contributed by atoms with Crippen molar-refractivity contribution in [2.45, 2.75) is 38.3 Å². The summed E-state index contributed by atoms with van der Waals surface area (Å²) in [6.45, 7) is 4.15. The van der Waals surface area contributed by atoms with Crippen LogP contribution < -0.4 is 5.56 Å². The molecule has 1 saturated heterocycles. The first kappa shape index (κ1) is 20.7. The molecular weight excluding hydrogens is 404 g/mol. The molecule has 0 aliphatic carbocycles. The van der Waals surface area contributed by atoms with Crippen LogP contribution in [0.1, 0.15) is 41.5 Å². The molecule has 8 nitrogen and oxygen atoms in total. The molecule has 2 aliphatic rings. The van der Waals surface area contributed by atoms with E-state index in [0.29, 0.717) is 51.4 Å². The van der Waals surface area contributed by atoms with E-state index in [2.05, 4.69) is 4.98 Å². The molecule has 0 radical (unpaired) electrons. The summed E-state index contributed by atoms with van der Waals surface area (Å²) in [5.41, 5.74) is 0.0641. The molecule has 1 aromatic carbocycles. The zero-order valence-electron chi connectivity index (χ0n) is 17.2. The molecule has 0 N–H and O–H groups in total. The Balaban J connectivity index is 1.62. The maximum atomic E-state index is 13.1. The number of rotatable bonds is 5. The third kappa shape index (κ3) is 3.67. The molecule has 0 saturated carbocycles. The number of aromatic nitrogens is 2. The second kappa shape index (κ2) is 7.63. The van der Waals surface area contributed by atoms with Crippen LogP contribution in [0.25, 0.3) is 0 Å². The fourth-order valence-electron chi connectivity index (χ4n) is 4.48. The maximum Gasteiger partial charge on any atom is 0.285 e. The van der Waals surface area contributed by atoms with Crippen LogP contribution in [0, 0.1) is 0 Å². The van der Waals surface area contributed by atoms with E-state index in [1.54, 1.807) is 11.1 Å². The molecule has 3 heterocycles. The van der Waals surface area contributed by atoms with Crippen LogP contribution in [-0.4, -0.2) is 59.0 Å². The summed E-state index contributed by atoms with van der Waals surface area (Å²) >= 11 is 0. The first-order valence-corrected chi connectivity index (χ1v) is 12.0. The van der Waals surface area contributed by atoms with E-state index in [4.69, 9.17) is 0 Å². The number of amides is 1. The number of hydrogen-bond donors (Lipinski definition) is 0. The van der Waals surface area contributed by atoms with Crippen LogP contribution in [0.3, 0.4) is 0 Å². The van der Waals surface area contributed by atoms with Gasteiger partial charge in [0.25, 0.3) is 11.5 Å². The zero-order chi connectivity index (χ0) is 21.5. The number of hydrogen-bond acceptors (Lipinski definition) is 5. The van der Waals surface area contributed by atoms with Crippen molar-refractivity contribution in [3.8, 4) is 0 Å². The van der Waals surface area contributed by atoms with Gasteiger partial charge in [0.1, 0.15) is 11.4 Å². The van der Waals surface area contributed by atoms with Crippen LogP contribution >= 0.6 is 0 Å². The molecule has 0 bridgehead atoms. The Morgan fingerprint density at radius 2 is 1.90 bits per heavy atom. The lowest BCUT2D eigenvalue weighted by atomic mass is 9.85. The van der Waals surface area contributed by atoms with Gasteiger partial charge in [-0.1, -0.05) is 30.3 Å². The highest BCUT2D eigenvalue weighted by atomic mass is 32.2. The number of sulfonamides is 1. The molecule has 1 spiro atoms. The lowest BCUT2D eigenvalue weighted by Gasteiger charge is -2.23. The quantitative estimate of drug-likeness (QED) is 0.711. The van der Waals surface area contributed by atoms with Crippen LogP contribution in [0.15, 0.2) is 41.3 Å². The van der Waals surface area contributed by atoms with E-state index in [9.17, 15) is 18.0 Å². The molecule has 1 aromatic heterocycles. The standard InChI is InChI=1S/C21H26N4O4S/c1-3-23(13-16-7-5-4-6-8-16)19(27)17-14-24-11-9-21(20(24)22-18(17)26)10-12-25(15-21)30(2,28)29/h4-8,14H,3,9-13,15H2,1-2H3/t21-/m1/s1. The predicted molar refractivity (Wildman–Crippen MR) is 113 cm³/mol. The Kier molecular flexibility index (Phi) is 5.27. The highest BCUT2D eigenvalue weighted by Gasteiger charge is 2.48. The predicted octanol–water partition coefficient (Wildman–Crippen LogP) is 1.21. The van der Waals surface area contributed by atoms with E-state index in [-0.39, 0.29) is 11.5 Å². The fraction of sp³-hybridized carbons (Fsp3) is 0.476. The number of nitrogens with zero attached hydrogens (tertiary/aromatic N) is 4. The molecule has 160 valence electrons. The summed E-state index contributed by atoms with van der Waals surface area (Å²) in [6, 6.07) is 9.64. The third-order valence-electron chi connectivity index (χ3n) is 6.20. The summed E-state index contributed by atoms with van der Waals surface area (Å²) < 4.78 is 27.2. The minimum absolute atomic E-state index is 0.0616. The van der Waals surface area contributed by atoms with Crippen molar-refractivity contribution >= 4 is 15.9 Å². The van der Waals surface area contributed by atoms with E-state index in [0.717, 1.165) is 5.56 Å². The summed E-state index contributed by atoms with van der Waals surface area (Å²) in [5.74, 6) is 0.264. The van der Waals surface area contributed by atoms with Crippen molar-refractivity contribution in [2.75, 3.05) is 25.9 Å². The maximum absolute atomic E-state index is 13.1. The average Bonchev–Trinajstić information content (AvgIpc) is 3.31. The topological polar surface area (TPSA) is 92.6 Å². The number of carbonyl (C=O) groups excluding carboxylic acids is 1. The van der Waals surface area contributed by atoms with E-state index in [1.807, 2.05) is 41.8 Å². The van der Waals surface area contributed by atoms with Crippen molar-refractivity contribution in [2.24, 2.45) is 0 Å². The normalized spacial score (nSPS) is 21.1. The second-order valence-electron chi connectivity index (χ2n) is 8.16. The molecule has 2 aromatic rings. The molecule has 2 aliphatic heterocycles. The Bertz CT molecular complexity index is 1130. The summed E-state index contributed by atoms with van der Waals surface area (Å²) in [5, 5.41) is 0. The lowest BCUT2D eigenvalue weighted by Crippen LogP contribution is -2.37. The van der Waals surface area contributed by atoms with Gasteiger partial charge in [0.15, 0.2) is 0 Å². The highest BCUT2D eigenvalue weighted by molar-refractivity contribution is 7.88. The van der Waals surface area contributed by atoms with Crippen molar-refractivity contribution in [3.63, 3.8) is 0 Å². The van der Waals surface area contributed by atoms with Crippen molar-refractivity contribution in [1.82, 2.24) is 18.8 Å². The first-order chi connectivity index (χ1) is 14.2. The lowest BCUT2D eigenvalue weighted by molar-refractivity contribution is 0.0749. The number of fused-ring (bicyclic) bond motifs is 2. The van der Waals surface area contributed by atoms with Gasteiger partial charge in [0, 0.05) is 44.3 Å². The van der Waals surface area contributed by atoms with Gasteiger partial charge in [-0.05, 0) is 25.3 Å². The molecule has 1 amide bonds. The number of aryl methyl sites for hydroxylation is 1. The average molecular weight is 431 g/mol. The number of carbonyl (C=O) groups is 1. The molecule has 1 fully saturated rings. The van der Waals surface area contributed by atoms with E-state index in [1.165, 1.54) is 10.6 Å². The molecule has 1 atom stereocenters. The largest absolute Gasteiger partial charge is 0.335 e. The van der Waals surface area contributed by atoms with Crippen molar-refractivity contribution < 1.29 is 13.2 Å². The van der Waals surface area contributed by atoms with Gasteiger partial charge < -0.3 is 9.47 Å². The molecule has 9 heteroatoms. The molecule has 30 heavy (non-hydrogen) atoms. The summed E-state index contributed by atoms with van der Waals surface area (Å²) in [4.78, 5) is 31.8. The van der Waals surface area contributed by atoms with Crippen LogP contribution in [0.4, 0.5) is 0 Å². The van der Waals surface area contributed by atoms with E-state index >= 15 is 0 Å².